The summed E-state index contributed by atoms with van der Waals surface area (Å²) < 4.78 is 153. The maximum Gasteiger partial charge on any atom is 0.416 e. The van der Waals surface area contributed by atoms with E-state index in [1.807, 2.05) is 0 Å². The monoisotopic (exact) mass is 812 g/mol. The number of sulfone groups is 1. The quantitative estimate of drug-likeness (QED) is 0.129. The van der Waals surface area contributed by atoms with E-state index < -0.39 is 80.9 Å². The van der Waals surface area contributed by atoms with Crippen molar-refractivity contribution >= 4 is 21.8 Å². The molecule has 0 spiro atoms. The average molecular weight is 813 g/mol. The second-order valence-corrected chi connectivity index (χ2v) is 16.1. The number of nitrogens with one attached hydrogen (secondary N) is 2. The van der Waals surface area contributed by atoms with Crippen molar-refractivity contribution in [2.45, 2.75) is 83.0 Å². The number of hydrogen-bond acceptors (Lipinski definition) is 8. The van der Waals surface area contributed by atoms with Crippen molar-refractivity contribution in [2.24, 2.45) is 11.8 Å². The van der Waals surface area contributed by atoms with Crippen molar-refractivity contribution in [1.29, 1.82) is 0 Å². The van der Waals surface area contributed by atoms with E-state index in [4.69, 9.17) is 9.84 Å². The lowest BCUT2D eigenvalue weighted by Crippen LogP contribution is -2.29. The van der Waals surface area contributed by atoms with Gasteiger partial charge in [0.05, 0.1) is 34.3 Å². The molecule has 0 aliphatic heterocycles. The van der Waals surface area contributed by atoms with Gasteiger partial charge in [-0.25, -0.2) is 18.4 Å². The first-order valence-corrected chi connectivity index (χ1v) is 19.3. The van der Waals surface area contributed by atoms with Gasteiger partial charge >= 0.3 is 24.5 Å². The van der Waals surface area contributed by atoms with Crippen LogP contribution in [0, 0.1) is 11.8 Å². The third-order valence-electron chi connectivity index (χ3n) is 9.53. The first-order valence-electron chi connectivity index (χ1n) is 17.3. The first kappa shape index (κ1) is 43.6. The molecule has 1 heterocycles. The molecule has 4 rings (SSSR count). The molecule has 1 aliphatic rings. The molecule has 19 heteroatoms. The summed E-state index contributed by atoms with van der Waals surface area (Å²) in [7, 11) is -3.55. The van der Waals surface area contributed by atoms with E-state index in [0.717, 1.165) is 50.3 Å². The van der Waals surface area contributed by atoms with Crippen molar-refractivity contribution in [3.05, 3.63) is 81.7 Å². The molecule has 2 aromatic carbocycles. The highest BCUT2D eigenvalue weighted by molar-refractivity contribution is 7.90. The van der Waals surface area contributed by atoms with Gasteiger partial charge in [0, 0.05) is 31.2 Å². The maximum absolute atomic E-state index is 13.8. The van der Waals surface area contributed by atoms with Gasteiger partial charge in [-0.3, -0.25) is 4.79 Å². The van der Waals surface area contributed by atoms with Gasteiger partial charge in [0.25, 0.3) is 0 Å². The number of aliphatic carboxylic acids is 1. The van der Waals surface area contributed by atoms with Crippen molar-refractivity contribution in [3.8, 4) is 5.75 Å². The number of nitrogens with zero attached hydrogens (tertiary/aromatic N) is 2. The van der Waals surface area contributed by atoms with Crippen LogP contribution in [-0.2, 0) is 39.7 Å². The highest BCUT2D eigenvalue weighted by Gasteiger charge is 2.38. The number of halogens is 9. The number of rotatable bonds is 15. The topological polar surface area (TPSA) is 131 Å². The Morgan fingerprint density at radius 1 is 0.891 bits per heavy atom. The Labute approximate surface area is 312 Å². The maximum atomic E-state index is 13.8. The molecule has 55 heavy (non-hydrogen) atoms. The second-order valence-electron chi connectivity index (χ2n) is 13.9. The summed E-state index contributed by atoms with van der Waals surface area (Å²) in [6, 6.07) is 3.81. The van der Waals surface area contributed by atoms with Crippen molar-refractivity contribution < 1.29 is 62.6 Å². The lowest BCUT2D eigenvalue weighted by atomic mass is 9.80. The van der Waals surface area contributed by atoms with Crippen LogP contribution in [0.3, 0.4) is 0 Å². The van der Waals surface area contributed by atoms with Gasteiger partial charge in [-0.15, -0.1) is 0 Å². The van der Waals surface area contributed by atoms with E-state index in [1.54, 1.807) is 6.92 Å². The largest absolute Gasteiger partial charge is 0.489 e. The summed E-state index contributed by atoms with van der Waals surface area (Å²) >= 11 is 0. The number of alkyl halides is 9. The predicted octanol–water partition coefficient (Wildman–Crippen LogP) is 8.65. The molecule has 1 saturated carbocycles. The fourth-order valence-corrected chi connectivity index (χ4v) is 6.84. The van der Waals surface area contributed by atoms with E-state index in [0.29, 0.717) is 24.2 Å². The van der Waals surface area contributed by atoms with Gasteiger partial charge in [0.2, 0.25) is 5.95 Å². The number of aromatic nitrogens is 2. The zero-order valence-electron chi connectivity index (χ0n) is 30.0. The highest BCUT2D eigenvalue weighted by Crippen LogP contribution is 2.40. The Balaban J connectivity index is 1.63. The number of carboxylic acid groups (broad SMARTS) is 1. The predicted molar refractivity (Wildman–Crippen MR) is 184 cm³/mol. The van der Waals surface area contributed by atoms with Crippen LogP contribution < -0.4 is 15.4 Å². The van der Waals surface area contributed by atoms with Crippen LogP contribution in [0.5, 0.6) is 5.75 Å². The van der Waals surface area contributed by atoms with Crippen molar-refractivity contribution in [1.82, 2.24) is 15.3 Å². The molecule has 1 aromatic heterocycles. The summed E-state index contributed by atoms with van der Waals surface area (Å²) in [6.45, 7) is 2.84. The van der Waals surface area contributed by atoms with Crippen LogP contribution >= 0.6 is 0 Å². The standard InChI is InChI=1S/C36H41F9N4O5S/c1-20(24-13-27(35(40,41)42)16-28(14-24)36(43,44)45)32-30(54-10-11-55(3,52)53)19-48-33(49-32)47-18-25-15-26(34(37,38)39)8-9-29(25)21(2)46-17-23-6-4-22(5-7-23)12-31(50)51/h8-9,13-16,19-23,46H,4-7,10-12,17-18H2,1-3H3,(H,50,51)(H,47,48,49)/t20-,21?,22?,23?/m0/s1. The zero-order chi connectivity index (χ0) is 40.9. The van der Waals surface area contributed by atoms with Gasteiger partial charge < -0.3 is 20.5 Å². The summed E-state index contributed by atoms with van der Waals surface area (Å²) in [5, 5.41) is 15.2. The van der Waals surface area contributed by atoms with Gasteiger partial charge in [-0.2, -0.15) is 39.5 Å². The Kier molecular flexibility index (Phi) is 13.7. The van der Waals surface area contributed by atoms with Crippen LogP contribution in [-0.4, -0.2) is 54.6 Å². The Morgan fingerprint density at radius 2 is 1.47 bits per heavy atom. The van der Waals surface area contributed by atoms with Crippen LogP contribution in [0.15, 0.2) is 42.6 Å². The summed E-state index contributed by atoms with van der Waals surface area (Å²) in [5.41, 5.74) is -4.04. The van der Waals surface area contributed by atoms with Crippen molar-refractivity contribution in [2.75, 3.05) is 30.5 Å². The number of anilines is 1. The minimum absolute atomic E-state index is 0.0257. The molecule has 9 nitrogen and oxygen atoms in total. The average Bonchev–Trinajstić information content (AvgIpc) is 3.08. The van der Waals surface area contributed by atoms with E-state index in [9.17, 15) is 52.7 Å². The SMILES string of the molecule is CC(NCC1CCC(CC(=O)O)CC1)c1ccc(C(F)(F)F)cc1CNc1ncc(OCCS(C)(=O)=O)c([C@@H](C)c2cc(C(F)(F)F)cc(C(F)(F)F)c2)n1. The summed E-state index contributed by atoms with van der Waals surface area (Å²) in [6.07, 6.45) is -9.80. The van der Waals surface area contributed by atoms with Crippen molar-refractivity contribution in [3.63, 3.8) is 0 Å². The van der Waals surface area contributed by atoms with E-state index in [-0.39, 0.29) is 53.8 Å². The van der Waals surface area contributed by atoms with Gasteiger partial charge in [0.1, 0.15) is 6.61 Å². The molecule has 1 fully saturated rings. The fraction of sp³-hybridized carbons (Fsp3) is 0.528. The van der Waals surface area contributed by atoms with Gasteiger partial charge in [-0.1, -0.05) is 13.0 Å². The van der Waals surface area contributed by atoms with E-state index in [1.165, 1.54) is 13.0 Å². The molecule has 0 saturated heterocycles. The molecule has 0 radical (unpaired) electrons. The van der Waals surface area contributed by atoms with Crippen LogP contribution in [0.1, 0.15) is 97.0 Å². The molecular weight excluding hydrogens is 771 g/mol. The molecule has 3 aromatic rings. The molecule has 0 bridgehead atoms. The normalized spacial score (nSPS) is 18.1. The van der Waals surface area contributed by atoms with Crippen LogP contribution in [0.4, 0.5) is 45.5 Å². The summed E-state index contributed by atoms with van der Waals surface area (Å²) in [5.74, 6) is -2.80. The number of ether oxygens (including phenoxy) is 1. The highest BCUT2D eigenvalue weighted by atomic mass is 32.2. The molecule has 1 unspecified atom stereocenters. The minimum Gasteiger partial charge on any atom is -0.489 e. The minimum atomic E-state index is -5.14. The third-order valence-corrected chi connectivity index (χ3v) is 10.4. The van der Waals surface area contributed by atoms with Crippen LogP contribution in [0.25, 0.3) is 0 Å². The molecule has 3 N–H and O–H groups in total. The number of benzene rings is 2. The summed E-state index contributed by atoms with van der Waals surface area (Å²) in [4.78, 5) is 19.5. The lowest BCUT2D eigenvalue weighted by Gasteiger charge is -2.29. The number of carbonyl (C=O) groups is 1. The fourth-order valence-electron chi connectivity index (χ4n) is 6.45. The Morgan fingerprint density at radius 3 is 2.02 bits per heavy atom. The lowest BCUT2D eigenvalue weighted by molar-refractivity contribution is -0.143. The molecule has 0 amide bonds. The van der Waals surface area contributed by atoms with Gasteiger partial charge in [0.15, 0.2) is 15.6 Å². The smallest absolute Gasteiger partial charge is 0.416 e. The van der Waals surface area contributed by atoms with Gasteiger partial charge in [-0.05, 0) is 98.0 Å². The van der Waals surface area contributed by atoms with Crippen LogP contribution in [0.2, 0.25) is 0 Å². The zero-order valence-corrected chi connectivity index (χ0v) is 30.8. The second kappa shape index (κ2) is 17.3. The number of carboxylic acids is 1. The van der Waals surface area contributed by atoms with E-state index in [2.05, 4.69) is 20.6 Å². The third kappa shape index (κ3) is 12.7. The molecular formula is C36H41F9N4O5S. The Hall–Kier alpha value is -4.13. The molecule has 1 aliphatic carbocycles. The Bertz CT molecular complexity index is 1880. The molecule has 304 valence electrons. The van der Waals surface area contributed by atoms with E-state index >= 15 is 0 Å². The molecule has 2 atom stereocenters. The first-order chi connectivity index (χ1) is 25.4. The number of hydrogen-bond donors (Lipinski definition) is 3.